The van der Waals surface area contributed by atoms with Crippen molar-refractivity contribution in [3.63, 3.8) is 0 Å². The van der Waals surface area contributed by atoms with E-state index in [1.807, 2.05) is 12.4 Å². The molecule has 0 aliphatic rings. The van der Waals surface area contributed by atoms with Crippen LogP contribution in [0.2, 0.25) is 0 Å². The van der Waals surface area contributed by atoms with Gasteiger partial charge in [-0.3, -0.25) is 9.13 Å². The predicted octanol–water partition coefficient (Wildman–Crippen LogP) is 10.6. The highest BCUT2D eigenvalue weighted by Gasteiger charge is 2.18. The van der Waals surface area contributed by atoms with Gasteiger partial charge in [-0.2, -0.15) is 0 Å². The molecule has 0 aliphatic carbocycles. The first kappa shape index (κ1) is 25.1. The second kappa shape index (κ2) is 9.62. The maximum atomic E-state index is 4.94. The molecule has 4 aromatic heterocycles. The molecule has 0 spiro atoms. The van der Waals surface area contributed by atoms with E-state index in [0.717, 1.165) is 55.6 Å². The first-order valence-corrected chi connectivity index (χ1v) is 15.6. The number of nitrogens with zero attached hydrogens (tertiary/aromatic N) is 4. The van der Waals surface area contributed by atoms with E-state index in [9.17, 15) is 0 Å². The average molecular weight is 587 g/mol. The molecule has 10 rings (SSSR count). The van der Waals surface area contributed by atoms with Crippen molar-refractivity contribution in [1.82, 2.24) is 19.1 Å². The Hall–Kier alpha value is -6.26. The minimum absolute atomic E-state index is 0.944. The van der Waals surface area contributed by atoms with Gasteiger partial charge in [0.05, 0.1) is 22.1 Å². The van der Waals surface area contributed by atoms with Gasteiger partial charge >= 0.3 is 0 Å². The molecule has 0 amide bonds. The van der Waals surface area contributed by atoms with E-state index < -0.39 is 0 Å². The van der Waals surface area contributed by atoms with Crippen LogP contribution in [-0.2, 0) is 0 Å². The molecule has 0 aliphatic heterocycles. The Kier molecular flexibility index (Phi) is 5.25. The zero-order valence-electron chi connectivity index (χ0n) is 24.8. The number of hydrogen-bond donors (Lipinski definition) is 0. The summed E-state index contributed by atoms with van der Waals surface area (Å²) in [5.74, 6) is 1.89. The van der Waals surface area contributed by atoms with E-state index in [2.05, 4.69) is 155 Å². The van der Waals surface area contributed by atoms with Gasteiger partial charge in [0.2, 0.25) is 0 Å². The molecular weight excluding hydrogens is 560 g/mol. The fourth-order valence-electron chi connectivity index (χ4n) is 7.32. The third kappa shape index (κ3) is 3.55. The molecule has 0 saturated heterocycles. The Labute approximate surface area is 264 Å². The van der Waals surface area contributed by atoms with Crippen molar-refractivity contribution in [3.05, 3.63) is 158 Å². The Morgan fingerprint density at radius 1 is 0.326 bits per heavy atom. The van der Waals surface area contributed by atoms with Crippen LogP contribution in [0.15, 0.2) is 158 Å². The number of hydrogen-bond acceptors (Lipinski definition) is 2. The fourth-order valence-corrected chi connectivity index (χ4v) is 7.32. The highest BCUT2D eigenvalue weighted by molar-refractivity contribution is 6.13. The van der Waals surface area contributed by atoms with Crippen molar-refractivity contribution in [3.8, 4) is 22.8 Å². The molecule has 214 valence electrons. The van der Waals surface area contributed by atoms with Gasteiger partial charge < -0.3 is 0 Å². The summed E-state index contributed by atoms with van der Waals surface area (Å²) in [7, 11) is 0. The first-order valence-electron chi connectivity index (χ1n) is 15.6. The van der Waals surface area contributed by atoms with E-state index in [0.29, 0.717) is 0 Å². The van der Waals surface area contributed by atoms with Gasteiger partial charge in [-0.1, -0.05) is 109 Å². The maximum Gasteiger partial charge on any atom is 0.145 e. The summed E-state index contributed by atoms with van der Waals surface area (Å²) < 4.78 is 4.65. The summed E-state index contributed by atoms with van der Waals surface area (Å²) in [6.45, 7) is 0. The molecule has 6 aromatic carbocycles. The van der Waals surface area contributed by atoms with Gasteiger partial charge in [0.15, 0.2) is 0 Å². The van der Waals surface area contributed by atoms with Gasteiger partial charge in [-0.05, 0) is 58.3 Å². The third-order valence-corrected chi connectivity index (χ3v) is 9.41. The topological polar surface area (TPSA) is 35.6 Å². The number of benzene rings is 6. The molecular formula is C42H26N4. The smallest absolute Gasteiger partial charge is 0.145 e. The molecule has 0 unspecified atom stereocenters. The monoisotopic (exact) mass is 586 g/mol. The number of pyridine rings is 2. The lowest BCUT2D eigenvalue weighted by atomic mass is 10.0. The lowest BCUT2D eigenvalue weighted by molar-refractivity contribution is 1.10. The van der Waals surface area contributed by atoms with Gasteiger partial charge in [0.1, 0.15) is 11.6 Å². The fraction of sp³-hybridized carbons (Fsp3) is 0. The zero-order valence-corrected chi connectivity index (χ0v) is 24.8. The van der Waals surface area contributed by atoms with E-state index in [-0.39, 0.29) is 0 Å². The van der Waals surface area contributed by atoms with Gasteiger partial charge in [-0.25, -0.2) is 9.97 Å². The molecule has 4 heteroatoms. The summed E-state index contributed by atoms with van der Waals surface area (Å²) in [5.41, 5.74) is 6.88. The van der Waals surface area contributed by atoms with E-state index in [4.69, 9.17) is 9.97 Å². The normalized spacial score (nSPS) is 11.9. The van der Waals surface area contributed by atoms with Gasteiger partial charge in [0.25, 0.3) is 0 Å². The van der Waals surface area contributed by atoms with E-state index >= 15 is 0 Å². The second-order valence-electron chi connectivity index (χ2n) is 11.9. The Morgan fingerprint density at radius 2 is 0.717 bits per heavy atom. The maximum absolute atomic E-state index is 4.94. The minimum Gasteiger partial charge on any atom is -0.293 e. The standard InChI is InChI=1S/C42H26N4/c1-3-11-31-27(9-1)21-23-43-41(31)45-37-15-7-5-13-33(37)35-19-17-29(25-39(35)45)30-18-20-36-34-14-6-8-16-38(34)46(40(36)26-30)42-32-12-4-2-10-28(32)22-24-44-42/h1-26H. The van der Waals surface area contributed by atoms with Crippen LogP contribution in [0.3, 0.4) is 0 Å². The van der Waals surface area contributed by atoms with Crippen LogP contribution >= 0.6 is 0 Å². The average Bonchev–Trinajstić information content (AvgIpc) is 3.63. The van der Waals surface area contributed by atoms with Crippen LogP contribution in [0.4, 0.5) is 0 Å². The molecule has 0 fully saturated rings. The lowest BCUT2D eigenvalue weighted by Gasteiger charge is -2.12. The van der Waals surface area contributed by atoms with E-state index in [1.165, 1.54) is 32.3 Å². The molecule has 0 bridgehead atoms. The van der Waals surface area contributed by atoms with Crippen LogP contribution in [0.5, 0.6) is 0 Å². The zero-order chi connectivity index (χ0) is 30.2. The predicted molar refractivity (Wildman–Crippen MR) is 191 cm³/mol. The molecule has 4 nitrogen and oxygen atoms in total. The summed E-state index contributed by atoms with van der Waals surface area (Å²) in [4.78, 5) is 9.88. The van der Waals surface area contributed by atoms with Crippen LogP contribution in [-0.4, -0.2) is 19.1 Å². The summed E-state index contributed by atoms with van der Waals surface area (Å²) in [6.07, 6.45) is 3.83. The van der Waals surface area contributed by atoms with E-state index in [1.54, 1.807) is 0 Å². The summed E-state index contributed by atoms with van der Waals surface area (Å²) >= 11 is 0. The second-order valence-corrected chi connectivity index (χ2v) is 11.9. The van der Waals surface area contributed by atoms with Crippen molar-refractivity contribution in [2.24, 2.45) is 0 Å². The molecule has 10 aromatic rings. The minimum atomic E-state index is 0.944. The third-order valence-electron chi connectivity index (χ3n) is 9.41. The van der Waals surface area contributed by atoms with Crippen molar-refractivity contribution >= 4 is 65.2 Å². The van der Waals surface area contributed by atoms with Gasteiger partial charge in [-0.15, -0.1) is 0 Å². The Balaban J connectivity index is 1.25. The molecule has 4 heterocycles. The van der Waals surface area contributed by atoms with Gasteiger partial charge in [0, 0.05) is 44.7 Å². The highest BCUT2D eigenvalue weighted by atomic mass is 15.1. The van der Waals surface area contributed by atoms with Crippen LogP contribution in [0.1, 0.15) is 0 Å². The molecule has 0 N–H and O–H groups in total. The molecule has 46 heavy (non-hydrogen) atoms. The van der Waals surface area contributed by atoms with Crippen LogP contribution < -0.4 is 0 Å². The van der Waals surface area contributed by atoms with Crippen molar-refractivity contribution in [2.45, 2.75) is 0 Å². The van der Waals surface area contributed by atoms with Crippen molar-refractivity contribution in [2.75, 3.05) is 0 Å². The molecule has 0 radical (unpaired) electrons. The Bertz CT molecular complexity index is 2610. The molecule has 0 saturated carbocycles. The quantitative estimate of drug-likeness (QED) is 0.206. The van der Waals surface area contributed by atoms with Crippen LogP contribution in [0, 0.1) is 0 Å². The highest BCUT2D eigenvalue weighted by Crippen LogP contribution is 2.39. The number of fused-ring (bicyclic) bond motifs is 8. The van der Waals surface area contributed by atoms with Crippen molar-refractivity contribution < 1.29 is 0 Å². The number of rotatable bonds is 3. The number of para-hydroxylation sites is 2. The summed E-state index contributed by atoms with van der Waals surface area (Å²) in [6, 6.07) is 52.1. The Morgan fingerprint density at radius 3 is 1.20 bits per heavy atom. The van der Waals surface area contributed by atoms with Crippen LogP contribution in [0.25, 0.3) is 87.9 Å². The number of aromatic nitrogens is 4. The lowest BCUT2D eigenvalue weighted by Crippen LogP contribution is -1.99. The summed E-state index contributed by atoms with van der Waals surface area (Å²) in [5, 5.41) is 9.48. The van der Waals surface area contributed by atoms with Crippen molar-refractivity contribution in [1.29, 1.82) is 0 Å². The first-order chi connectivity index (χ1) is 22.8. The largest absolute Gasteiger partial charge is 0.293 e. The molecule has 0 atom stereocenters. The SMILES string of the molecule is c1ccc2c(-n3c4ccccc4c4ccc(-c5ccc6c7ccccc7n(-c7nccc8ccccc78)c6c5)cc43)nccc2c1.